The van der Waals surface area contributed by atoms with E-state index in [1.165, 1.54) is 29.7 Å². The Bertz CT molecular complexity index is 1360. The van der Waals surface area contributed by atoms with Gasteiger partial charge in [0.25, 0.3) is 5.91 Å². The third-order valence-corrected chi connectivity index (χ3v) is 8.04. The fourth-order valence-corrected chi connectivity index (χ4v) is 5.74. The second-order valence-corrected chi connectivity index (χ2v) is 11.5. The number of likely N-dealkylation sites (tertiary alicyclic amines) is 2. The predicted octanol–water partition coefficient (Wildman–Crippen LogP) is -1.95. The first-order chi connectivity index (χ1) is 21.2. The number of amides is 6. The molecule has 2 aliphatic rings. The summed E-state index contributed by atoms with van der Waals surface area (Å²) < 4.78 is 0. The van der Waals surface area contributed by atoms with Gasteiger partial charge in [-0.1, -0.05) is 6.07 Å². The molecule has 3 rings (SSSR count). The molecule has 6 amide bonds. The topological polar surface area (TPSA) is 256 Å². The number of primary amides is 1. The van der Waals surface area contributed by atoms with Crippen LogP contribution in [-0.2, 0) is 24.0 Å². The van der Waals surface area contributed by atoms with Gasteiger partial charge in [-0.05, 0) is 63.6 Å². The Hall–Kier alpha value is -4.73. The lowest BCUT2D eigenvalue weighted by Gasteiger charge is -2.33. The highest BCUT2D eigenvalue weighted by molar-refractivity contribution is 6.03. The quantitative estimate of drug-likeness (QED) is 0.0726. The van der Waals surface area contributed by atoms with Gasteiger partial charge in [-0.25, -0.2) is 0 Å². The van der Waals surface area contributed by atoms with Gasteiger partial charge in [0, 0.05) is 37.8 Å². The first-order valence-electron chi connectivity index (χ1n) is 14.8. The summed E-state index contributed by atoms with van der Waals surface area (Å²) in [5.74, 6) is -3.28. The number of hydrogen-bond donors (Lipinski definition) is 7. The van der Waals surface area contributed by atoms with Gasteiger partial charge in [0.05, 0.1) is 12.6 Å². The number of aryl methyl sites for hydroxylation is 1. The van der Waals surface area contributed by atoms with Crippen LogP contribution in [0.3, 0.4) is 0 Å². The molecular weight excluding hydrogens is 586 g/mol. The highest BCUT2D eigenvalue weighted by Crippen LogP contribution is 2.40. The Labute approximate surface area is 261 Å². The third kappa shape index (κ3) is 8.47. The van der Waals surface area contributed by atoms with E-state index in [2.05, 4.69) is 20.9 Å². The SMILES string of the molecule is CC(=O)N[C@@H](CCCN=C(N)N)C(=O)Nc1cc(C(=O)N2CCCC23CCN(CC(=O)N[C@H](C(N)=O)C(C)O)C3=O)ccc1C. The molecule has 2 aliphatic heterocycles. The number of carbonyl (C=O) groups excluding carboxylic acids is 6. The Morgan fingerprint density at radius 1 is 1.09 bits per heavy atom. The van der Waals surface area contributed by atoms with Crippen molar-refractivity contribution >= 4 is 47.1 Å². The largest absolute Gasteiger partial charge is 0.391 e. The molecule has 0 aromatic heterocycles. The van der Waals surface area contributed by atoms with Crippen LogP contribution in [0.2, 0.25) is 0 Å². The number of hydrogen-bond acceptors (Lipinski definition) is 8. The number of nitrogens with one attached hydrogen (secondary N) is 3. The number of rotatable bonds is 13. The van der Waals surface area contributed by atoms with Crippen molar-refractivity contribution in [2.45, 2.75) is 76.6 Å². The van der Waals surface area contributed by atoms with Crippen LogP contribution in [0, 0.1) is 6.92 Å². The maximum Gasteiger partial charge on any atom is 0.254 e. The lowest BCUT2D eigenvalue weighted by Crippen LogP contribution is -2.55. The van der Waals surface area contributed by atoms with Gasteiger partial charge in [-0.3, -0.25) is 33.8 Å². The minimum atomic E-state index is -1.30. The molecule has 2 unspecified atom stereocenters. The van der Waals surface area contributed by atoms with E-state index in [1.54, 1.807) is 19.1 Å². The third-order valence-electron chi connectivity index (χ3n) is 8.04. The molecule has 4 atom stereocenters. The number of nitrogens with two attached hydrogens (primary N) is 3. The first kappa shape index (κ1) is 34.8. The van der Waals surface area contributed by atoms with Crippen LogP contribution in [0.1, 0.15) is 61.9 Å². The molecule has 1 spiro atoms. The number of aliphatic imine (C=N–C) groups is 1. The first-order valence-corrected chi connectivity index (χ1v) is 14.8. The van der Waals surface area contributed by atoms with Crippen LogP contribution in [0.25, 0.3) is 0 Å². The van der Waals surface area contributed by atoms with E-state index in [4.69, 9.17) is 17.2 Å². The minimum Gasteiger partial charge on any atom is -0.391 e. The van der Waals surface area contributed by atoms with Crippen molar-refractivity contribution in [1.82, 2.24) is 20.4 Å². The van der Waals surface area contributed by atoms with Gasteiger partial charge >= 0.3 is 0 Å². The average molecular weight is 630 g/mol. The summed E-state index contributed by atoms with van der Waals surface area (Å²) in [6.07, 6.45) is 0.803. The number of aliphatic hydroxyl groups is 1. The van der Waals surface area contributed by atoms with Crippen molar-refractivity contribution in [2.75, 3.05) is 31.5 Å². The molecule has 2 heterocycles. The minimum absolute atomic E-state index is 0.0732. The molecule has 2 fully saturated rings. The van der Waals surface area contributed by atoms with Crippen molar-refractivity contribution in [1.29, 1.82) is 0 Å². The molecule has 16 nitrogen and oxygen atoms in total. The van der Waals surface area contributed by atoms with Gasteiger partial charge < -0.3 is 48.1 Å². The van der Waals surface area contributed by atoms with Gasteiger partial charge in [-0.2, -0.15) is 0 Å². The highest BCUT2D eigenvalue weighted by atomic mass is 16.3. The number of benzene rings is 1. The number of nitrogens with zero attached hydrogens (tertiary/aromatic N) is 3. The number of aliphatic hydroxyl groups excluding tert-OH is 1. The van der Waals surface area contributed by atoms with Crippen molar-refractivity contribution in [3.8, 4) is 0 Å². The summed E-state index contributed by atoms with van der Waals surface area (Å²) in [6.45, 7) is 4.84. The number of guanidine groups is 1. The molecule has 0 aliphatic carbocycles. The van der Waals surface area contributed by atoms with Gasteiger partial charge in [0.2, 0.25) is 29.5 Å². The van der Waals surface area contributed by atoms with E-state index in [1.807, 2.05) is 0 Å². The van der Waals surface area contributed by atoms with Crippen LogP contribution in [-0.4, -0.2) is 106 Å². The fraction of sp³-hybridized carbons (Fsp3) is 0.552. The van der Waals surface area contributed by atoms with E-state index >= 15 is 0 Å². The van der Waals surface area contributed by atoms with E-state index in [9.17, 15) is 33.9 Å². The molecule has 2 saturated heterocycles. The molecule has 246 valence electrons. The summed E-state index contributed by atoms with van der Waals surface area (Å²) in [6, 6.07) is 2.67. The molecule has 1 aromatic rings. The summed E-state index contributed by atoms with van der Waals surface area (Å²) in [5, 5.41) is 17.5. The number of carbonyl (C=O) groups is 6. The molecule has 1 aromatic carbocycles. The van der Waals surface area contributed by atoms with E-state index in [0.29, 0.717) is 43.5 Å². The second kappa shape index (κ2) is 14.8. The highest BCUT2D eigenvalue weighted by Gasteiger charge is 2.55. The van der Waals surface area contributed by atoms with Gasteiger partial charge in [0.15, 0.2) is 5.96 Å². The monoisotopic (exact) mass is 629 g/mol. The molecule has 0 saturated carbocycles. The summed E-state index contributed by atoms with van der Waals surface area (Å²) in [7, 11) is 0. The van der Waals surface area contributed by atoms with Gasteiger partial charge in [-0.15, -0.1) is 0 Å². The molecule has 45 heavy (non-hydrogen) atoms. The summed E-state index contributed by atoms with van der Waals surface area (Å²) in [5.41, 5.74) is 16.1. The van der Waals surface area contributed by atoms with Crippen molar-refractivity contribution in [3.63, 3.8) is 0 Å². The fourth-order valence-electron chi connectivity index (χ4n) is 5.74. The molecule has 0 radical (unpaired) electrons. The van der Waals surface area contributed by atoms with Crippen LogP contribution in [0.5, 0.6) is 0 Å². The van der Waals surface area contributed by atoms with E-state index < -0.39 is 47.4 Å². The summed E-state index contributed by atoms with van der Waals surface area (Å²) in [4.78, 5) is 83.3. The number of anilines is 1. The molecule has 0 bridgehead atoms. The van der Waals surface area contributed by atoms with Crippen molar-refractivity contribution < 1.29 is 33.9 Å². The summed E-state index contributed by atoms with van der Waals surface area (Å²) >= 11 is 0. The Morgan fingerprint density at radius 3 is 2.42 bits per heavy atom. The zero-order valence-corrected chi connectivity index (χ0v) is 25.8. The van der Waals surface area contributed by atoms with E-state index in [0.717, 1.165) is 0 Å². The van der Waals surface area contributed by atoms with Crippen molar-refractivity contribution in [3.05, 3.63) is 29.3 Å². The van der Waals surface area contributed by atoms with Crippen LogP contribution in [0.15, 0.2) is 23.2 Å². The van der Waals surface area contributed by atoms with E-state index in [-0.39, 0.29) is 49.4 Å². The molecule has 16 heteroatoms. The Balaban J connectivity index is 1.74. The molecule has 10 N–H and O–H groups in total. The lowest BCUT2D eigenvalue weighted by molar-refractivity contribution is -0.139. The normalized spacial score (nSPS) is 19.5. The second-order valence-electron chi connectivity index (χ2n) is 11.5. The maximum atomic E-state index is 13.8. The average Bonchev–Trinajstić information content (AvgIpc) is 3.52. The Morgan fingerprint density at radius 2 is 1.80 bits per heavy atom. The van der Waals surface area contributed by atoms with Crippen LogP contribution < -0.4 is 33.2 Å². The standard InChI is InChI=1S/C29H43N9O7/c1-16-7-8-19(14-21(16)35-25(43)20(34-18(3)40)6-4-11-33-28(31)32)26(44)38-12-5-9-29(38)10-13-37(27(29)45)15-22(41)36-23(17(2)39)24(30)42/h7-8,14,17,20,23,39H,4-6,9-13,15H2,1-3H3,(H2,30,42)(H,34,40)(H,35,43)(H,36,41)(H4,31,32,33)/t17?,20-,23-,29?/m0/s1. The van der Waals surface area contributed by atoms with Crippen LogP contribution >= 0.6 is 0 Å². The maximum absolute atomic E-state index is 13.8. The molecular formula is C29H43N9O7. The van der Waals surface area contributed by atoms with Gasteiger partial charge in [0.1, 0.15) is 17.6 Å². The zero-order chi connectivity index (χ0) is 33.5. The van der Waals surface area contributed by atoms with Crippen LogP contribution in [0.4, 0.5) is 5.69 Å². The lowest BCUT2D eigenvalue weighted by atomic mass is 9.93. The van der Waals surface area contributed by atoms with Crippen molar-refractivity contribution in [2.24, 2.45) is 22.2 Å². The smallest absolute Gasteiger partial charge is 0.254 e. The Kier molecular flexibility index (Phi) is 11.5. The zero-order valence-electron chi connectivity index (χ0n) is 25.8. The predicted molar refractivity (Wildman–Crippen MR) is 164 cm³/mol.